The number of aromatic nitrogens is 2. The van der Waals surface area contributed by atoms with E-state index >= 15 is 0 Å². The fourth-order valence-electron chi connectivity index (χ4n) is 2.41. The number of aryl methyl sites for hydroxylation is 1. The van der Waals surface area contributed by atoms with E-state index in [2.05, 4.69) is 9.59 Å². The van der Waals surface area contributed by atoms with Crippen LogP contribution in [-0.4, -0.2) is 50.8 Å². The number of piperidine rings is 1. The Kier molecular flexibility index (Phi) is 3.29. The number of thioether (sulfide) groups is 1. The fraction of sp³-hybridized carbons (Fsp3) is 0.727. The SMILES string of the molecule is Cc1nnsc1C(=O)N1CCC2(CC1)OCCS2. The van der Waals surface area contributed by atoms with Crippen molar-refractivity contribution in [2.75, 3.05) is 25.4 Å². The Hall–Kier alpha value is -0.660. The molecule has 2 aliphatic rings. The van der Waals surface area contributed by atoms with Crippen molar-refractivity contribution >= 4 is 29.2 Å². The third-order valence-corrected chi connectivity index (χ3v) is 5.71. The van der Waals surface area contributed by atoms with Gasteiger partial charge in [-0.15, -0.1) is 16.9 Å². The maximum absolute atomic E-state index is 12.3. The summed E-state index contributed by atoms with van der Waals surface area (Å²) in [5.74, 6) is 1.14. The van der Waals surface area contributed by atoms with Crippen LogP contribution in [0, 0.1) is 6.92 Å². The van der Waals surface area contributed by atoms with Gasteiger partial charge < -0.3 is 9.64 Å². The summed E-state index contributed by atoms with van der Waals surface area (Å²) in [7, 11) is 0. The van der Waals surface area contributed by atoms with Crippen molar-refractivity contribution in [1.29, 1.82) is 0 Å². The molecule has 0 atom stereocenters. The first-order valence-corrected chi connectivity index (χ1v) is 7.82. The van der Waals surface area contributed by atoms with E-state index in [0.717, 1.165) is 44.0 Å². The topological polar surface area (TPSA) is 55.3 Å². The van der Waals surface area contributed by atoms with Crippen LogP contribution in [0.3, 0.4) is 0 Å². The standard InChI is InChI=1S/C11H15N3O2S2/c1-8-9(18-13-12-8)10(15)14-4-2-11(3-5-14)16-6-7-17-11/h2-7H2,1H3. The van der Waals surface area contributed by atoms with Gasteiger partial charge in [0.25, 0.3) is 5.91 Å². The number of ether oxygens (including phenoxy) is 1. The molecule has 2 fully saturated rings. The number of carbonyl (C=O) groups excluding carboxylic acids is 1. The highest BCUT2D eigenvalue weighted by atomic mass is 32.2. The quantitative estimate of drug-likeness (QED) is 0.783. The van der Waals surface area contributed by atoms with E-state index in [1.165, 1.54) is 11.5 Å². The zero-order chi connectivity index (χ0) is 12.6. The van der Waals surface area contributed by atoms with Gasteiger partial charge in [0.1, 0.15) is 9.81 Å². The van der Waals surface area contributed by atoms with Gasteiger partial charge in [0.05, 0.1) is 12.3 Å². The number of hydrogen-bond donors (Lipinski definition) is 0. The molecule has 0 bridgehead atoms. The second-order valence-corrected chi connectivity index (χ2v) is 6.78. The monoisotopic (exact) mass is 285 g/mol. The maximum Gasteiger partial charge on any atom is 0.267 e. The second kappa shape index (κ2) is 4.79. The Morgan fingerprint density at radius 1 is 1.44 bits per heavy atom. The molecule has 7 heteroatoms. The lowest BCUT2D eigenvalue weighted by molar-refractivity contribution is 0.00363. The van der Waals surface area contributed by atoms with Crippen LogP contribution in [0.25, 0.3) is 0 Å². The predicted octanol–water partition coefficient (Wildman–Crippen LogP) is 1.54. The lowest BCUT2D eigenvalue weighted by Gasteiger charge is -2.37. The smallest absolute Gasteiger partial charge is 0.267 e. The Labute approximate surface area is 114 Å². The van der Waals surface area contributed by atoms with Crippen molar-refractivity contribution in [3.63, 3.8) is 0 Å². The number of carbonyl (C=O) groups is 1. The molecule has 2 aliphatic heterocycles. The normalized spacial score (nSPS) is 22.6. The van der Waals surface area contributed by atoms with Gasteiger partial charge in [-0.1, -0.05) is 4.49 Å². The van der Waals surface area contributed by atoms with Crippen LogP contribution >= 0.6 is 23.3 Å². The van der Waals surface area contributed by atoms with Crippen LogP contribution in [0.2, 0.25) is 0 Å². The van der Waals surface area contributed by atoms with Crippen molar-refractivity contribution in [2.45, 2.75) is 24.7 Å². The minimum absolute atomic E-state index is 0.0161. The molecule has 18 heavy (non-hydrogen) atoms. The average Bonchev–Trinajstić information content (AvgIpc) is 2.99. The summed E-state index contributed by atoms with van der Waals surface area (Å²) >= 11 is 3.08. The van der Waals surface area contributed by atoms with Crippen molar-refractivity contribution in [2.24, 2.45) is 0 Å². The zero-order valence-corrected chi connectivity index (χ0v) is 11.9. The van der Waals surface area contributed by atoms with Crippen LogP contribution in [0.1, 0.15) is 28.2 Å². The van der Waals surface area contributed by atoms with Crippen LogP contribution in [-0.2, 0) is 4.74 Å². The van der Waals surface area contributed by atoms with Gasteiger partial charge in [-0.2, -0.15) is 0 Å². The summed E-state index contributed by atoms with van der Waals surface area (Å²) in [5.41, 5.74) is 0.733. The Morgan fingerprint density at radius 3 is 2.78 bits per heavy atom. The number of hydrogen-bond acceptors (Lipinski definition) is 6. The van der Waals surface area contributed by atoms with Gasteiger partial charge in [0.2, 0.25) is 0 Å². The lowest BCUT2D eigenvalue weighted by Crippen LogP contribution is -2.45. The molecule has 98 valence electrons. The molecule has 3 rings (SSSR count). The van der Waals surface area contributed by atoms with E-state index in [0.29, 0.717) is 4.88 Å². The molecule has 3 heterocycles. The first-order chi connectivity index (χ1) is 8.70. The molecular weight excluding hydrogens is 270 g/mol. The molecule has 0 aromatic carbocycles. The third kappa shape index (κ3) is 2.15. The molecule has 1 aromatic rings. The molecule has 2 saturated heterocycles. The lowest BCUT2D eigenvalue weighted by atomic mass is 10.1. The Morgan fingerprint density at radius 2 is 2.22 bits per heavy atom. The summed E-state index contributed by atoms with van der Waals surface area (Å²) in [5, 5.41) is 3.90. The van der Waals surface area contributed by atoms with Gasteiger partial charge in [0.15, 0.2) is 0 Å². The van der Waals surface area contributed by atoms with Crippen LogP contribution in [0.15, 0.2) is 0 Å². The molecule has 0 N–H and O–H groups in total. The van der Waals surface area contributed by atoms with Gasteiger partial charge in [0, 0.05) is 31.7 Å². The summed E-state index contributed by atoms with van der Waals surface area (Å²) < 4.78 is 9.65. The number of rotatable bonds is 1. The maximum atomic E-state index is 12.3. The van der Waals surface area contributed by atoms with Gasteiger partial charge >= 0.3 is 0 Å². The minimum Gasteiger partial charge on any atom is -0.363 e. The molecule has 0 radical (unpaired) electrons. The van der Waals surface area contributed by atoms with E-state index in [4.69, 9.17) is 4.74 Å². The second-order valence-electron chi connectivity index (χ2n) is 4.59. The summed E-state index contributed by atoms with van der Waals surface area (Å²) in [6.07, 6.45) is 1.85. The van der Waals surface area contributed by atoms with E-state index in [1.54, 1.807) is 0 Å². The van der Waals surface area contributed by atoms with Crippen LogP contribution < -0.4 is 0 Å². The largest absolute Gasteiger partial charge is 0.363 e. The van der Waals surface area contributed by atoms with Gasteiger partial charge in [-0.3, -0.25) is 4.79 Å². The molecule has 5 nitrogen and oxygen atoms in total. The Balaban J connectivity index is 1.66. The van der Waals surface area contributed by atoms with Gasteiger partial charge in [-0.25, -0.2) is 0 Å². The molecular formula is C11H15N3O2S2. The van der Waals surface area contributed by atoms with Crippen molar-refractivity contribution in [3.05, 3.63) is 10.6 Å². The fourth-order valence-corrected chi connectivity index (χ4v) is 4.21. The van der Waals surface area contributed by atoms with E-state index in [-0.39, 0.29) is 10.8 Å². The number of likely N-dealkylation sites (tertiary alicyclic amines) is 1. The number of amides is 1. The molecule has 1 aromatic heterocycles. The highest BCUT2D eigenvalue weighted by Crippen LogP contribution is 2.41. The highest BCUT2D eigenvalue weighted by molar-refractivity contribution is 8.00. The first-order valence-electron chi connectivity index (χ1n) is 6.06. The highest BCUT2D eigenvalue weighted by Gasteiger charge is 2.40. The zero-order valence-electron chi connectivity index (χ0n) is 10.2. The first kappa shape index (κ1) is 12.4. The molecule has 0 saturated carbocycles. The van der Waals surface area contributed by atoms with E-state index in [1.807, 2.05) is 23.6 Å². The third-order valence-electron chi connectivity index (χ3n) is 3.47. The average molecular weight is 285 g/mol. The summed E-state index contributed by atoms with van der Waals surface area (Å²) in [6.45, 7) is 4.21. The predicted molar refractivity (Wildman–Crippen MR) is 70.9 cm³/mol. The minimum atomic E-state index is -0.0161. The van der Waals surface area contributed by atoms with Crippen molar-refractivity contribution in [1.82, 2.24) is 14.5 Å². The summed E-state index contributed by atoms with van der Waals surface area (Å²) in [4.78, 5) is 14.8. The van der Waals surface area contributed by atoms with Gasteiger partial charge in [-0.05, 0) is 18.5 Å². The molecule has 1 spiro atoms. The van der Waals surface area contributed by atoms with E-state index in [9.17, 15) is 4.79 Å². The summed E-state index contributed by atoms with van der Waals surface area (Å²) in [6, 6.07) is 0. The van der Waals surface area contributed by atoms with Crippen molar-refractivity contribution < 1.29 is 9.53 Å². The van der Waals surface area contributed by atoms with Crippen molar-refractivity contribution in [3.8, 4) is 0 Å². The number of nitrogens with zero attached hydrogens (tertiary/aromatic N) is 3. The van der Waals surface area contributed by atoms with Crippen LogP contribution in [0.5, 0.6) is 0 Å². The molecule has 0 aliphatic carbocycles. The molecule has 0 unspecified atom stereocenters. The molecule has 1 amide bonds. The van der Waals surface area contributed by atoms with E-state index < -0.39 is 0 Å². The van der Waals surface area contributed by atoms with Crippen LogP contribution in [0.4, 0.5) is 0 Å². The Bertz CT molecular complexity index is 447.